The third kappa shape index (κ3) is 3.55. The normalized spacial score (nSPS) is 17.6. The van der Waals surface area contributed by atoms with Gasteiger partial charge in [0, 0.05) is 43.5 Å². The van der Waals surface area contributed by atoms with E-state index >= 15 is 0 Å². The number of carbonyl (C=O) groups is 2. The molecule has 2 fully saturated rings. The van der Waals surface area contributed by atoms with Crippen LogP contribution in [-0.2, 0) is 4.79 Å². The van der Waals surface area contributed by atoms with Crippen molar-refractivity contribution in [2.75, 3.05) is 36.4 Å². The third-order valence-corrected chi connectivity index (χ3v) is 4.86. The highest BCUT2D eigenvalue weighted by Gasteiger charge is 2.25. The van der Waals surface area contributed by atoms with Crippen molar-refractivity contribution in [3.8, 4) is 0 Å². The van der Waals surface area contributed by atoms with Crippen molar-refractivity contribution in [2.45, 2.75) is 39.5 Å². The molecule has 0 unspecified atom stereocenters. The van der Waals surface area contributed by atoms with Gasteiger partial charge in [0.25, 0.3) is 5.91 Å². The second-order valence-electron chi connectivity index (χ2n) is 7.07. The average molecular weight is 329 g/mol. The van der Waals surface area contributed by atoms with Crippen LogP contribution in [0.3, 0.4) is 0 Å². The van der Waals surface area contributed by atoms with E-state index in [0.29, 0.717) is 5.69 Å². The minimum absolute atomic E-state index is 0.0245. The molecule has 1 aromatic carbocycles. The number of nitrogens with one attached hydrogen (secondary N) is 1. The highest BCUT2D eigenvalue weighted by atomic mass is 16.2. The molecule has 0 bridgehead atoms. The lowest BCUT2D eigenvalue weighted by Gasteiger charge is -2.24. The molecule has 0 radical (unpaired) electrons. The molecule has 0 saturated carbocycles. The highest BCUT2D eigenvalue weighted by molar-refractivity contribution is 6.02. The van der Waals surface area contributed by atoms with E-state index < -0.39 is 0 Å². The molecule has 1 aromatic rings. The van der Waals surface area contributed by atoms with Crippen molar-refractivity contribution >= 4 is 23.2 Å². The van der Waals surface area contributed by atoms with Gasteiger partial charge in [-0.1, -0.05) is 13.8 Å². The van der Waals surface area contributed by atoms with E-state index in [1.165, 1.54) is 12.8 Å². The van der Waals surface area contributed by atoms with Crippen molar-refractivity contribution in [2.24, 2.45) is 5.92 Å². The zero-order valence-corrected chi connectivity index (χ0v) is 14.7. The maximum absolute atomic E-state index is 13.0. The van der Waals surface area contributed by atoms with Crippen molar-refractivity contribution in [3.63, 3.8) is 0 Å². The average Bonchev–Trinajstić information content (AvgIpc) is 3.27. The second kappa shape index (κ2) is 7.24. The van der Waals surface area contributed by atoms with Crippen LogP contribution in [0.5, 0.6) is 0 Å². The molecule has 0 atom stereocenters. The van der Waals surface area contributed by atoms with E-state index in [-0.39, 0.29) is 17.7 Å². The van der Waals surface area contributed by atoms with Gasteiger partial charge in [0.2, 0.25) is 5.91 Å². The van der Waals surface area contributed by atoms with E-state index in [4.69, 9.17) is 0 Å². The SMILES string of the molecule is CC(C)C(=O)Nc1ccc(N2CCCC2)c(C(=O)N2CCCC2)c1. The van der Waals surface area contributed by atoms with Gasteiger partial charge in [0.15, 0.2) is 0 Å². The van der Waals surface area contributed by atoms with Gasteiger partial charge in [-0.05, 0) is 43.9 Å². The van der Waals surface area contributed by atoms with Crippen LogP contribution in [0.25, 0.3) is 0 Å². The quantitative estimate of drug-likeness (QED) is 0.923. The smallest absolute Gasteiger partial charge is 0.256 e. The van der Waals surface area contributed by atoms with E-state index in [1.54, 1.807) is 0 Å². The van der Waals surface area contributed by atoms with Crippen molar-refractivity contribution in [1.82, 2.24) is 4.90 Å². The van der Waals surface area contributed by atoms with Crippen LogP contribution in [0.2, 0.25) is 0 Å². The summed E-state index contributed by atoms with van der Waals surface area (Å²) in [4.78, 5) is 29.2. The first-order valence-corrected chi connectivity index (χ1v) is 9.05. The van der Waals surface area contributed by atoms with Crippen LogP contribution in [-0.4, -0.2) is 42.9 Å². The van der Waals surface area contributed by atoms with E-state index in [0.717, 1.165) is 50.3 Å². The van der Waals surface area contributed by atoms with Crippen LogP contribution >= 0.6 is 0 Å². The standard InChI is InChI=1S/C19H27N3O2/c1-14(2)18(23)20-15-7-8-17(21-9-3-4-10-21)16(13-15)19(24)22-11-5-6-12-22/h7-8,13-14H,3-6,9-12H2,1-2H3,(H,20,23). The molecule has 24 heavy (non-hydrogen) atoms. The lowest BCUT2D eigenvalue weighted by Crippen LogP contribution is -2.30. The molecule has 2 saturated heterocycles. The predicted molar refractivity (Wildman–Crippen MR) is 96.5 cm³/mol. The number of carbonyl (C=O) groups excluding carboxylic acids is 2. The van der Waals surface area contributed by atoms with Gasteiger partial charge in [0.05, 0.1) is 5.56 Å². The molecule has 2 amide bonds. The van der Waals surface area contributed by atoms with Crippen molar-refractivity contribution < 1.29 is 9.59 Å². The number of hydrogen-bond donors (Lipinski definition) is 1. The topological polar surface area (TPSA) is 52.7 Å². The molecule has 0 spiro atoms. The van der Waals surface area contributed by atoms with Crippen LogP contribution < -0.4 is 10.2 Å². The maximum Gasteiger partial charge on any atom is 0.256 e. The molecule has 2 aliphatic rings. The van der Waals surface area contributed by atoms with E-state index in [1.807, 2.05) is 36.9 Å². The van der Waals surface area contributed by atoms with Crippen LogP contribution in [0.15, 0.2) is 18.2 Å². The van der Waals surface area contributed by atoms with Gasteiger partial charge in [-0.3, -0.25) is 9.59 Å². The monoisotopic (exact) mass is 329 g/mol. The van der Waals surface area contributed by atoms with Gasteiger partial charge in [0.1, 0.15) is 0 Å². The Kier molecular flexibility index (Phi) is 5.07. The Morgan fingerprint density at radius 2 is 1.62 bits per heavy atom. The molecule has 130 valence electrons. The minimum Gasteiger partial charge on any atom is -0.371 e. The van der Waals surface area contributed by atoms with Crippen LogP contribution in [0, 0.1) is 5.92 Å². The van der Waals surface area contributed by atoms with Gasteiger partial charge in [-0.25, -0.2) is 0 Å². The second-order valence-corrected chi connectivity index (χ2v) is 7.07. The Hall–Kier alpha value is -2.04. The van der Waals surface area contributed by atoms with Gasteiger partial charge < -0.3 is 15.1 Å². The Morgan fingerprint density at radius 1 is 1.00 bits per heavy atom. The third-order valence-electron chi connectivity index (χ3n) is 4.86. The number of amides is 2. The molecule has 3 rings (SSSR count). The molecule has 1 N–H and O–H groups in total. The fourth-order valence-corrected chi connectivity index (χ4v) is 3.40. The number of nitrogens with zero attached hydrogens (tertiary/aromatic N) is 2. The molecule has 0 aliphatic carbocycles. The summed E-state index contributed by atoms with van der Waals surface area (Å²) in [5.41, 5.74) is 2.44. The summed E-state index contributed by atoms with van der Waals surface area (Å²) in [7, 11) is 0. The maximum atomic E-state index is 13.0. The number of anilines is 2. The lowest BCUT2D eigenvalue weighted by molar-refractivity contribution is -0.118. The van der Waals surface area contributed by atoms with Crippen LogP contribution in [0.4, 0.5) is 11.4 Å². The largest absolute Gasteiger partial charge is 0.371 e. The summed E-state index contributed by atoms with van der Waals surface area (Å²) in [6.07, 6.45) is 4.50. The molecule has 2 heterocycles. The predicted octanol–water partition coefficient (Wildman–Crippen LogP) is 3.12. The summed E-state index contributed by atoms with van der Waals surface area (Å²) in [5, 5.41) is 2.92. The summed E-state index contributed by atoms with van der Waals surface area (Å²) in [5.74, 6) is -0.0143. The van der Waals surface area contributed by atoms with Gasteiger partial charge in [-0.15, -0.1) is 0 Å². The molecule has 5 heteroatoms. The van der Waals surface area contributed by atoms with E-state index in [2.05, 4.69) is 10.2 Å². The Balaban J connectivity index is 1.90. The molecular formula is C19H27N3O2. The first-order valence-electron chi connectivity index (χ1n) is 9.05. The lowest BCUT2D eigenvalue weighted by atomic mass is 10.1. The van der Waals surface area contributed by atoms with Gasteiger partial charge in [-0.2, -0.15) is 0 Å². The Morgan fingerprint density at radius 3 is 2.25 bits per heavy atom. The number of rotatable bonds is 4. The Bertz CT molecular complexity index is 615. The molecule has 2 aliphatic heterocycles. The summed E-state index contributed by atoms with van der Waals surface area (Å²) in [6, 6.07) is 5.76. The molecule has 5 nitrogen and oxygen atoms in total. The first-order chi connectivity index (χ1) is 11.6. The van der Waals surface area contributed by atoms with E-state index in [9.17, 15) is 9.59 Å². The van der Waals surface area contributed by atoms with Crippen LogP contribution in [0.1, 0.15) is 49.9 Å². The zero-order chi connectivity index (χ0) is 17.1. The number of hydrogen-bond acceptors (Lipinski definition) is 3. The van der Waals surface area contributed by atoms with Crippen molar-refractivity contribution in [1.29, 1.82) is 0 Å². The van der Waals surface area contributed by atoms with Crippen molar-refractivity contribution in [3.05, 3.63) is 23.8 Å². The number of benzene rings is 1. The Labute approximate surface area is 144 Å². The summed E-state index contributed by atoms with van der Waals surface area (Å²) in [6.45, 7) is 7.39. The number of likely N-dealkylation sites (tertiary alicyclic amines) is 1. The zero-order valence-electron chi connectivity index (χ0n) is 14.7. The molecule has 0 aromatic heterocycles. The summed E-state index contributed by atoms with van der Waals surface area (Å²) >= 11 is 0. The first kappa shape index (κ1) is 16.8. The fraction of sp³-hybridized carbons (Fsp3) is 0.579. The highest BCUT2D eigenvalue weighted by Crippen LogP contribution is 2.29. The fourth-order valence-electron chi connectivity index (χ4n) is 3.40. The van der Waals surface area contributed by atoms with Gasteiger partial charge >= 0.3 is 0 Å². The minimum atomic E-state index is -0.0824. The molecular weight excluding hydrogens is 302 g/mol. The summed E-state index contributed by atoms with van der Waals surface area (Å²) < 4.78 is 0.